The maximum atomic E-state index is 8.89. The van der Waals surface area contributed by atoms with E-state index in [2.05, 4.69) is 224 Å². The standard InChI is InChI=1S/2C29H30OP.2C2H4O2/c2*1-22-12-5-8-17-27(22)31(28-18-9-6-13-23(28)2,29-19-10-7-14-24(29)3)21-25-15-11-16-26(20-25)30-4;2*1-2(3)4/h2*5-20H,21H2,1-4H3;2*1H3,(H,3,4)/q2*+1;;/p-2. The summed E-state index contributed by atoms with van der Waals surface area (Å²) >= 11 is 0. The third-order valence-electron chi connectivity index (χ3n) is 12.3. The minimum atomic E-state index is -1.97. The first-order valence-electron chi connectivity index (χ1n) is 23.3. The summed E-state index contributed by atoms with van der Waals surface area (Å²) in [7, 11) is -0.465. The van der Waals surface area contributed by atoms with Gasteiger partial charge in [-0.05, 0) is 161 Å². The van der Waals surface area contributed by atoms with E-state index in [1.807, 2.05) is 12.1 Å². The summed E-state index contributed by atoms with van der Waals surface area (Å²) in [5.74, 6) is -0.343. The molecule has 0 bridgehead atoms. The summed E-state index contributed by atoms with van der Waals surface area (Å²) in [4.78, 5) is 17.8. The smallest absolute Gasteiger partial charge is 0.119 e. The first-order chi connectivity index (χ1) is 33.6. The van der Waals surface area contributed by atoms with Gasteiger partial charge in [-0.15, -0.1) is 0 Å². The molecule has 0 amide bonds. The van der Waals surface area contributed by atoms with Gasteiger partial charge in [-0.1, -0.05) is 133 Å². The molecule has 0 radical (unpaired) electrons. The summed E-state index contributed by atoms with van der Waals surface area (Å²) in [6, 6.07) is 70.8. The highest BCUT2D eigenvalue weighted by molar-refractivity contribution is 7.95. The lowest BCUT2D eigenvalue weighted by molar-refractivity contribution is -0.303. The number of carbonyl (C=O) groups excluding carboxylic acids is 2. The fourth-order valence-corrected chi connectivity index (χ4v) is 19.5. The molecule has 0 atom stereocenters. The Bertz CT molecular complexity index is 2560. The van der Waals surface area contributed by atoms with Crippen LogP contribution in [0.4, 0.5) is 0 Å². The van der Waals surface area contributed by atoms with Crippen molar-refractivity contribution in [2.24, 2.45) is 0 Å². The molecule has 0 heterocycles. The van der Waals surface area contributed by atoms with Gasteiger partial charge in [0, 0.05) is 11.9 Å². The largest absolute Gasteiger partial charge is 0.550 e. The van der Waals surface area contributed by atoms with Gasteiger partial charge in [0.25, 0.3) is 0 Å². The zero-order chi connectivity index (χ0) is 50.8. The van der Waals surface area contributed by atoms with E-state index in [9.17, 15) is 0 Å². The lowest BCUT2D eigenvalue weighted by Crippen LogP contribution is -2.36. The van der Waals surface area contributed by atoms with Crippen molar-refractivity contribution in [3.63, 3.8) is 0 Å². The van der Waals surface area contributed by atoms with Crippen LogP contribution in [0.25, 0.3) is 0 Å². The summed E-state index contributed by atoms with van der Waals surface area (Å²) in [5.41, 5.74) is 10.7. The second-order valence-corrected chi connectivity index (χ2v) is 24.1. The van der Waals surface area contributed by atoms with Crippen molar-refractivity contribution in [3.8, 4) is 11.5 Å². The SMILES string of the molecule is CC(=O)[O-].CC(=O)[O-].COc1cccc(C[P+](c2ccccc2C)(c2ccccc2C)c2ccccc2C)c1.COc1cccc(C[P+](c2ccccc2C)(c2ccccc2C)c2ccccc2C)c1. The quantitative estimate of drug-likeness (QED) is 0.113. The Morgan fingerprint density at radius 2 is 0.557 bits per heavy atom. The van der Waals surface area contributed by atoms with E-state index in [4.69, 9.17) is 29.3 Å². The number of aryl methyl sites for hydroxylation is 6. The normalized spacial score (nSPS) is 10.8. The summed E-state index contributed by atoms with van der Waals surface area (Å²) in [6.07, 6.45) is 1.93. The van der Waals surface area contributed by atoms with Crippen LogP contribution < -0.4 is 51.5 Å². The minimum Gasteiger partial charge on any atom is -0.550 e. The lowest BCUT2D eigenvalue weighted by atomic mass is 10.2. The molecule has 70 heavy (non-hydrogen) atoms. The number of carbonyl (C=O) groups is 2. The van der Waals surface area contributed by atoms with Crippen molar-refractivity contribution >= 4 is 58.3 Å². The Balaban J connectivity index is 0.000000226. The number of carboxylic acid groups (broad SMARTS) is 2. The Kier molecular flexibility index (Phi) is 19.8. The summed E-state index contributed by atoms with van der Waals surface area (Å²) in [5, 5.41) is 26.5. The highest BCUT2D eigenvalue weighted by Crippen LogP contribution is 2.61. The van der Waals surface area contributed by atoms with Gasteiger partial charge in [-0.3, -0.25) is 0 Å². The maximum absolute atomic E-state index is 8.89. The van der Waals surface area contributed by atoms with Gasteiger partial charge in [-0.25, -0.2) is 0 Å². The lowest BCUT2D eigenvalue weighted by Gasteiger charge is -2.31. The van der Waals surface area contributed by atoms with Gasteiger partial charge in [0.15, 0.2) is 0 Å². The summed E-state index contributed by atoms with van der Waals surface area (Å²) in [6.45, 7) is 15.5. The van der Waals surface area contributed by atoms with Gasteiger partial charge in [0.1, 0.15) is 57.9 Å². The maximum Gasteiger partial charge on any atom is 0.119 e. The van der Waals surface area contributed by atoms with E-state index < -0.39 is 26.5 Å². The van der Waals surface area contributed by atoms with Crippen LogP contribution in [-0.4, -0.2) is 26.2 Å². The second-order valence-electron chi connectivity index (χ2n) is 17.3. The monoisotopic (exact) mass is 968 g/mol. The van der Waals surface area contributed by atoms with Crippen molar-refractivity contribution < 1.29 is 29.3 Å². The van der Waals surface area contributed by atoms with Gasteiger partial charge in [0.05, 0.1) is 26.5 Å². The Morgan fingerprint density at radius 3 is 0.743 bits per heavy atom. The van der Waals surface area contributed by atoms with Gasteiger partial charge >= 0.3 is 0 Å². The summed E-state index contributed by atoms with van der Waals surface area (Å²) < 4.78 is 11.1. The van der Waals surface area contributed by atoms with Crippen molar-refractivity contribution in [1.29, 1.82) is 0 Å². The molecular weight excluding hydrogens is 903 g/mol. The van der Waals surface area contributed by atoms with Crippen molar-refractivity contribution in [1.82, 2.24) is 0 Å². The fraction of sp³-hybridized carbons (Fsp3) is 0.194. The average Bonchev–Trinajstić information content (AvgIpc) is 3.34. The molecule has 0 fully saturated rings. The number of carboxylic acids is 2. The van der Waals surface area contributed by atoms with E-state index >= 15 is 0 Å². The Hall–Kier alpha value is -6.84. The molecular formula is C62H66O6P2. The van der Waals surface area contributed by atoms with E-state index in [0.717, 1.165) is 37.7 Å². The van der Waals surface area contributed by atoms with Crippen LogP contribution in [0.15, 0.2) is 194 Å². The zero-order valence-electron chi connectivity index (χ0n) is 42.2. The van der Waals surface area contributed by atoms with E-state index in [1.54, 1.807) is 14.2 Å². The topological polar surface area (TPSA) is 98.7 Å². The van der Waals surface area contributed by atoms with E-state index in [-0.39, 0.29) is 0 Å². The number of ether oxygens (including phenoxy) is 2. The van der Waals surface area contributed by atoms with Crippen LogP contribution in [-0.2, 0) is 21.9 Å². The highest BCUT2D eigenvalue weighted by Gasteiger charge is 2.49. The third kappa shape index (κ3) is 13.3. The molecule has 0 aliphatic carbocycles. The van der Waals surface area contributed by atoms with Gasteiger partial charge in [-0.2, -0.15) is 0 Å². The van der Waals surface area contributed by atoms with Crippen LogP contribution in [0.3, 0.4) is 0 Å². The van der Waals surface area contributed by atoms with Crippen LogP contribution >= 0.6 is 14.5 Å². The Morgan fingerprint density at radius 1 is 0.357 bits per heavy atom. The molecule has 0 spiro atoms. The molecule has 8 aromatic carbocycles. The molecule has 0 aliphatic rings. The molecule has 8 heteroatoms. The second kappa shape index (κ2) is 25.7. The number of hydrogen-bond acceptors (Lipinski definition) is 6. The molecule has 8 rings (SSSR count). The Labute approximate surface area is 417 Å². The predicted molar refractivity (Wildman–Crippen MR) is 293 cm³/mol. The van der Waals surface area contributed by atoms with Crippen molar-refractivity contribution in [2.75, 3.05) is 14.2 Å². The van der Waals surface area contributed by atoms with E-state index in [1.165, 1.54) is 76.3 Å². The number of aliphatic carboxylic acids is 2. The molecule has 8 aromatic rings. The van der Waals surface area contributed by atoms with Crippen LogP contribution in [0.2, 0.25) is 0 Å². The molecule has 360 valence electrons. The number of hydrogen-bond donors (Lipinski definition) is 0. The predicted octanol–water partition coefficient (Wildman–Crippen LogP) is 9.74. The molecule has 0 N–H and O–H groups in total. The molecule has 0 saturated heterocycles. The highest BCUT2D eigenvalue weighted by atomic mass is 31.2. The molecule has 0 saturated carbocycles. The fourth-order valence-electron chi connectivity index (χ4n) is 9.33. The van der Waals surface area contributed by atoms with Crippen LogP contribution in [0.1, 0.15) is 58.4 Å². The number of benzene rings is 8. The first-order valence-corrected chi connectivity index (χ1v) is 27.3. The number of rotatable bonds is 12. The molecule has 0 aromatic heterocycles. The van der Waals surface area contributed by atoms with Gasteiger partial charge < -0.3 is 29.3 Å². The van der Waals surface area contributed by atoms with E-state index in [0.29, 0.717) is 0 Å². The van der Waals surface area contributed by atoms with Gasteiger partial charge in [0.2, 0.25) is 0 Å². The third-order valence-corrected chi connectivity index (χ3v) is 21.9. The molecule has 0 aliphatic heterocycles. The van der Waals surface area contributed by atoms with Crippen LogP contribution in [0.5, 0.6) is 11.5 Å². The zero-order valence-corrected chi connectivity index (χ0v) is 44.0. The number of methoxy groups -OCH3 is 2. The molecule has 6 nitrogen and oxygen atoms in total. The van der Waals surface area contributed by atoms with Crippen molar-refractivity contribution in [3.05, 3.63) is 239 Å². The minimum absolute atomic E-state index is 0.912. The molecule has 0 unspecified atom stereocenters. The average molecular weight is 969 g/mol. The van der Waals surface area contributed by atoms with Crippen molar-refractivity contribution in [2.45, 2.75) is 67.7 Å². The first kappa shape index (κ1) is 54.1. The van der Waals surface area contributed by atoms with Crippen LogP contribution in [0, 0.1) is 41.5 Å².